The third kappa shape index (κ3) is 25.9. The summed E-state index contributed by atoms with van der Waals surface area (Å²) in [6.45, 7) is 15.0. The van der Waals surface area contributed by atoms with Gasteiger partial charge < -0.3 is 53.7 Å². The fourth-order valence-corrected chi connectivity index (χ4v) is 13.9. The normalized spacial score (nSPS) is 16.0. The Morgan fingerprint density at radius 1 is 0.418 bits per heavy atom. The van der Waals surface area contributed by atoms with Crippen LogP contribution in [0.25, 0.3) is 113 Å². The van der Waals surface area contributed by atoms with Gasteiger partial charge in [-0.3, -0.25) is 20.5 Å². The summed E-state index contributed by atoms with van der Waals surface area (Å²) in [6.07, 6.45) is 17.5. The molecule has 3 unspecified atom stereocenters. The number of aliphatic imine (C=N–C) groups is 2. The third-order valence-electron chi connectivity index (χ3n) is 19.1. The van der Waals surface area contributed by atoms with Gasteiger partial charge in [0.25, 0.3) is 0 Å². The number of hydrogen-bond donors (Lipinski definition) is 7. The summed E-state index contributed by atoms with van der Waals surface area (Å²) in [5.41, 5.74) is 57.7. The van der Waals surface area contributed by atoms with Crippen LogP contribution in [0.1, 0.15) is 138 Å². The SMILES string of the molecule is CC(=N)/C=C(\[NH-])c1cccc(-c2cccc(-c3cccc(/C([NH-])=C/C(C)=N)n3)c2)n1.CC(N)=CC(=N)c1cccc(-c2cccc(-c3cccc(-c4cc(C)[nH]n4)n3)c2)n1.CC(N)=CC(=NC1CCCCO1)c1cccc(-c2cccc(-c3cccc(-c4cc(C)nn4C4CCCCO4)n3)c2)n1.CC(N)=CC(=NC1CCCCO1)c1cccc(Br)n1.[Pt+2]. The molecule has 0 bridgehead atoms. The molecule has 0 aliphatic carbocycles. The zero-order valence-electron chi connectivity index (χ0n) is 69.3. The van der Waals surface area contributed by atoms with E-state index in [4.69, 9.17) is 84.1 Å². The van der Waals surface area contributed by atoms with Crippen LogP contribution in [-0.2, 0) is 35.3 Å². The summed E-state index contributed by atoms with van der Waals surface area (Å²) in [4.78, 5) is 42.6. The summed E-state index contributed by atoms with van der Waals surface area (Å²) >= 11 is 3.37. The molecule has 3 atom stereocenters. The minimum Gasteiger partial charge on any atom is -0.697 e. The van der Waals surface area contributed by atoms with E-state index in [9.17, 15) is 0 Å². The molecule has 12 aromatic rings. The zero-order chi connectivity index (χ0) is 85.3. The van der Waals surface area contributed by atoms with Gasteiger partial charge in [-0.25, -0.2) is 39.6 Å². The van der Waals surface area contributed by atoms with Gasteiger partial charge in [-0.1, -0.05) is 109 Å². The summed E-state index contributed by atoms with van der Waals surface area (Å²) in [5.74, 6) is 0. The quantitative estimate of drug-likeness (QED) is 0.0260. The first-order valence-corrected chi connectivity index (χ1v) is 41.1. The van der Waals surface area contributed by atoms with Crippen LogP contribution in [0.2, 0.25) is 0 Å². The maximum Gasteiger partial charge on any atom is 2.00 e. The van der Waals surface area contributed by atoms with Crippen LogP contribution in [-0.4, -0.2) is 116 Å². The molecule has 0 radical (unpaired) electrons. The van der Waals surface area contributed by atoms with Crippen LogP contribution in [0.15, 0.2) is 274 Å². The van der Waals surface area contributed by atoms with Crippen molar-refractivity contribution in [3.05, 3.63) is 316 Å². The van der Waals surface area contributed by atoms with Gasteiger partial charge >= 0.3 is 21.1 Å². The van der Waals surface area contributed by atoms with E-state index >= 15 is 0 Å². The number of aromatic nitrogens is 11. The summed E-state index contributed by atoms with van der Waals surface area (Å²) in [5, 5.41) is 35.3. The van der Waals surface area contributed by atoms with Gasteiger partial charge in [-0.2, -0.15) is 10.2 Å². The van der Waals surface area contributed by atoms with Crippen molar-refractivity contribution < 1.29 is 35.3 Å². The van der Waals surface area contributed by atoms with Crippen LogP contribution in [0, 0.1) is 30.1 Å². The van der Waals surface area contributed by atoms with Crippen molar-refractivity contribution in [1.29, 1.82) is 16.2 Å². The van der Waals surface area contributed by atoms with E-state index in [0.717, 1.165) is 207 Å². The number of halogens is 1. The summed E-state index contributed by atoms with van der Waals surface area (Å²) in [7, 11) is 0. The van der Waals surface area contributed by atoms with Gasteiger partial charge in [0.2, 0.25) is 0 Å². The average Bonchev–Trinajstić information content (AvgIpc) is 1.76. The Bertz CT molecular complexity index is 5800. The van der Waals surface area contributed by atoms with E-state index in [-0.39, 0.29) is 56.9 Å². The maximum absolute atomic E-state index is 8.17. The number of aromatic amines is 1. The second-order valence-electron chi connectivity index (χ2n) is 29.6. The second kappa shape index (κ2) is 44.0. The molecule has 3 aliphatic rings. The number of H-pyrrole nitrogens is 1. The first kappa shape index (κ1) is 90.0. The number of benzene rings is 3. The molecule has 26 heteroatoms. The van der Waals surface area contributed by atoms with Crippen molar-refractivity contribution in [2.45, 2.75) is 125 Å². The molecule has 12 N–H and O–H groups in total. The predicted molar refractivity (Wildman–Crippen MR) is 490 cm³/mol. The smallest absolute Gasteiger partial charge is 0.697 e. The molecule has 0 saturated carbocycles. The third-order valence-corrected chi connectivity index (χ3v) is 19.6. The van der Waals surface area contributed by atoms with Crippen molar-refractivity contribution in [1.82, 2.24) is 54.9 Å². The number of pyridine rings is 7. The van der Waals surface area contributed by atoms with Crippen molar-refractivity contribution in [3.8, 4) is 90.3 Å². The standard InChI is InChI=1S/C34H38N6O2.2C24H22N6.C14H18BrN3O.Pt/c1-23(35)20-31(38-33-16-3-5-18-41-33)29-14-8-12-27(36-29)25-10-7-11-26(22-25)28-13-9-15-30(37-28)32-21-24(2)39-40(32)34-17-4-6-19-42-34;1-15(25)12-19(26)22-10-4-8-20(27-22)17-6-3-7-18(14-17)21-9-5-11-23(28-21)24-13-16(2)29-30-24;1-15(25)12-19(27)23-10-4-8-21(29-23)17-6-3-7-18(14-17)22-9-5-11-24(30-22)20(28)13-16(2)26;1-10(16)9-12(11-5-4-6-13(15)17-11)18-14-7-2-3-8-19-14;/h7-15,20-22,33-34H,3-6,16-19,35H2,1-2H3;3-14,26H,25H2,1-2H3,(H,29,30);3-14,25-28H,1-2H3;4-6,9,14H,2-3,7-8,16H2,1H3;/q;;-2;;+2/b;;19-12-,20-13-,25-15?,26-16?;;. The molecule has 624 valence electrons. The molecule has 3 aliphatic heterocycles. The van der Waals surface area contributed by atoms with Gasteiger partial charge in [0, 0.05) is 98.8 Å². The largest absolute Gasteiger partial charge is 2.00 e. The Labute approximate surface area is 735 Å². The molecule has 3 saturated heterocycles. The number of rotatable bonds is 21. The van der Waals surface area contributed by atoms with Crippen molar-refractivity contribution in [2.75, 3.05) is 19.8 Å². The van der Waals surface area contributed by atoms with Crippen molar-refractivity contribution >= 4 is 55.9 Å². The minimum absolute atomic E-state index is 0. The number of nitrogens with two attached hydrogens (primary N) is 3. The Morgan fingerprint density at radius 3 is 1.20 bits per heavy atom. The fourth-order valence-electron chi connectivity index (χ4n) is 13.5. The number of nitrogens with one attached hydrogen (secondary N) is 6. The first-order valence-electron chi connectivity index (χ1n) is 40.3. The van der Waals surface area contributed by atoms with Crippen LogP contribution < -0.4 is 17.2 Å². The fraction of sp³-hybridized carbons (Fsp3) is 0.229. The van der Waals surface area contributed by atoms with E-state index in [1.54, 1.807) is 39.0 Å². The molecule has 24 nitrogen and oxygen atoms in total. The molecule has 9 aromatic heterocycles. The average molecular weight is 1870 g/mol. The number of allylic oxidation sites excluding steroid dienone is 8. The summed E-state index contributed by atoms with van der Waals surface area (Å²) < 4.78 is 20.3. The number of nitrogens with zero attached hydrogens (tertiary/aromatic N) is 12. The summed E-state index contributed by atoms with van der Waals surface area (Å²) in [6, 6.07) is 68.7. The van der Waals surface area contributed by atoms with Crippen LogP contribution >= 0.6 is 15.9 Å². The zero-order valence-corrected chi connectivity index (χ0v) is 73.2. The van der Waals surface area contributed by atoms with Gasteiger partial charge in [-0.15, -0.1) is 11.4 Å². The molecular weight excluding hydrogens is 1770 g/mol. The molecule has 0 spiro atoms. The molecule has 122 heavy (non-hydrogen) atoms. The Balaban J connectivity index is 0.000000164. The Hall–Kier alpha value is -12.8. The molecular formula is C96H100BrN21O3Pt. The molecule has 15 rings (SSSR count). The van der Waals surface area contributed by atoms with Gasteiger partial charge in [0.1, 0.15) is 22.8 Å². The molecule has 12 heterocycles. The molecule has 3 fully saturated rings. The van der Waals surface area contributed by atoms with Gasteiger partial charge in [-0.05, 0) is 256 Å². The Morgan fingerprint density at radius 2 is 0.787 bits per heavy atom. The topological polar surface area (TPSA) is 386 Å². The van der Waals surface area contributed by atoms with Crippen LogP contribution in [0.3, 0.4) is 0 Å². The van der Waals surface area contributed by atoms with E-state index in [1.807, 2.05) is 208 Å². The first-order chi connectivity index (χ1) is 58.5. The van der Waals surface area contributed by atoms with E-state index < -0.39 is 0 Å². The maximum atomic E-state index is 8.17. The van der Waals surface area contributed by atoms with E-state index in [0.29, 0.717) is 45.6 Å². The van der Waals surface area contributed by atoms with Crippen molar-refractivity contribution in [2.24, 2.45) is 27.2 Å². The molecule has 3 aromatic carbocycles. The van der Waals surface area contributed by atoms with E-state index in [1.165, 1.54) is 12.2 Å². The van der Waals surface area contributed by atoms with Crippen molar-refractivity contribution in [3.63, 3.8) is 0 Å². The number of aryl methyl sites for hydroxylation is 2. The van der Waals surface area contributed by atoms with E-state index in [2.05, 4.69) is 87.5 Å². The minimum atomic E-state index is -0.166. The van der Waals surface area contributed by atoms with Crippen LogP contribution in [0.5, 0.6) is 0 Å². The second-order valence-corrected chi connectivity index (χ2v) is 30.5. The van der Waals surface area contributed by atoms with Crippen LogP contribution in [0.4, 0.5) is 0 Å². The van der Waals surface area contributed by atoms with Gasteiger partial charge in [0.15, 0.2) is 6.23 Å². The number of ether oxygens (including phenoxy) is 3. The number of hydrogen-bond acceptors (Lipinski definition) is 20. The van der Waals surface area contributed by atoms with Gasteiger partial charge in [0.05, 0.1) is 91.2 Å². The predicted octanol–water partition coefficient (Wildman–Crippen LogP) is 21.3. The monoisotopic (exact) mass is 1870 g/mol. The Kier molecular flexibility index (Phi) is 32.4. The molecule has 0 amide bonds.